The first-order valence-electron chi connectivity index (χ1n) is 11.0. The van der Waals surface area contributed by atoms with Gasteiger partial charge in [-0.2, -0.15) is 0 Å². The van der Waals surface area contributed by atoms with Gasteiger partial charge in [0.15, 0.2) is 5.78 Å². The normalized spacial score (nSPS) is 19.4. The molecular formula is C24H23ClN2O6S. The van der Waals surface area contributed by atoms with Crippen molar-refractivity contribution in [1.29, 1.82) is 0 Å². The number of hydrogen-bond acceptors (Lipinski definition) is 6. The van der Waals surface area contributed by atoms with E-state index >= 15 is 0 Å². The lowest BCUT2D eigenvalue weighted by molar-refractivity contribution is -0.123. The van der Waals surface area contributed by atoms with Crippen LogP contribution < -0.4 is 4.72 Å². The molecule has 2 aliphatic rings. The minimum Gasteiger partial charge on any atom is -0.300 e. The Labute approximate surface area is 202 Å². The molecular weight excluding hydrogens is 480 g/mol. The van der Waals surface area contributed by atoms with Crippen LogP contribution in [0.4, 0.5) is 5.69 Å². The first-order valence-corrected chi connectivity index (χ1v) is 13.0. The van der Waals surface area contributed by atoms with Crippen LogP contribution in [0.15, 0.2) is 42.5 Å². The molecule has 2 aromatic rings. The van der Waals surface area contributed by atoms with Gasteiger partial charge in [-0.25, -0.2) is 8.42 Å². The smallest absolute Gasteiger partial charge is 0.262 e. The zero-order valence-electron chi connectivity index (χ0n) is 18.3. The number of benzene rings is 2. The summed E-state index contributed by atoms with van der Waals surface area (Å²) in [4.78, 5) is 51.8. The van der Waals surface area contributed by atoms with Gasteiger partial charge in [0.05, 0.1) is 22.9 Å². The molecule has 1 aliphatic heterocycles. The number of carbonyl (C=O) groups is 4. The molecule has 0 saturated heterocycles. The Morgan fingerprint density at radius 1 is 0.882 bits per heavy atom. The zero-order valence-corrected chi connectivity index (χ0v) is 19.8. The summed E-state index contributed by atoms with van der Waals surface area (Å²) in [5.41, 5.74) is 0.788. The average Bonchev–Trinajstić information content (AvgIpc) is 3.06. The van der Waals surface area contributed by atoms with Crippen molar-refractivity contribution in [3.8, 4) is 0 Å². The number of fused-ring (bicyclic) bond motifs is 1. The van der Waals surface area contributed by atoms with Gasteiger partial charge in [0.1, 0.15) is 5.78 Å². The first-order chi connectivity index (χ1) is 16.1. The van der Waals surface area contributed by atoms with E-state index in [0.29, 0.717) is 29.8 Å². The highest BCUT2D eigenvalue weighted by atomic mass is 35.5. The van der Waals surface area contributed by atoms with E-state index in [0.717, 1.165) is 4.90 Å². The van der Waals surface area contributed by atoms with Crippen molar-refractivity contribution in [2.24, 2.45) is 0 Å². The fourth-order valence-electron chi connectivity index (χ4n) is 4.27. The third-order valence-electron chi connectivity index (χ3n) is 5.97. The van der Waals surface area contributed by atoms with Crippen molar-refractivity contribution in [3.05, 3.63) is 64.2 Å². The van der Waals surface area contributed by atoms with Crippen LogP contribution >= 0.6 is 11.6 Å². The van der Waals surface area contributed by atoms with E-state index in [1.165, 1.54) is 18.2 Å². The fourth-order valence-corrected chi connectivity index (χ4v) is 5.58. The molecule has 0 spiro atoms. The van der Waals surface area contributed by atoms with Crippen molar-refractivity contribution in [2.75, 3.05) is 4.72 Å². The molecule has 4 rings (SSSR count). The van der Waals surface area contributed by atoms with Crippen LogP contribution in [0.2, 0.25) is 5.02 Å². The van der Waals surface area contributed by atoms with Gasteiger partial charge in [-0.1, -0.05) is 23.7 Å². The van der Waals surface area contributed by atoms with Crippen LogP contribution in [0.25, 0.3) is 0 Å². The number of carbonyl (C=O) groups excluding carboxylic acids is 4. The number of Topliss-reactive ketones (excluding diaryl/α,β-unsaturated/α-hetero) is 2. The van der Waals surface area contributed by atoms with Crippen molar-refractivity contribution in [2.45, 2.75) is 50.3 Å². The fraction of sp³-hybridized carbons (Fsp3) is 0.333. The minimum atomic E-state index is -3.81. The van der Waals surface area contributed by atoms with Crippen LogP contribution in [-0.2, 0) is 25.4 Å². The molecule has 0 aromatic heterocycles. The average molecular weight is 503 g/mol. The number of amides is 2. The summed E-state index contributed by atoms with van der Waals surface area (Å²) in [6.07, 6.45) is 1.95. The summed E-state index contributed by atoms with van der Waals surface area (Å²) < 4.78 is 27.6. The summed E-state index contributed by atoms with van der Waals surface area (Å²) >= 11 is 5.84. The zero-order chi connectivity index (χ0) is 24.5. The number of imide groups is 1. The van der Waals surface area contributed by atoms with Crippen LogP contribution in [-0.4, -0.2) is 42.7 Å². The van der Waals surface area contributed by atoms with E-state index < -0.39 is 27.9 Å². The van der Waals surface area contributed by atoms with E-state index in [1.54, 1.807) is 24.3 Å². The Morgan fingerprint density at radius 3 is 2.29 bits per heavy atom. The Bertz CT molecular complexity index is 1270. The molecule has 10 heteroatoms. The van der Waals surface area contributed by atoms with Gasteiger partial charge in [0.2, 0.25) is 10.0 Å². The van der Waals surface area contributed by atoms with Gasteiger partial charge < -0.3 is 0 Å². The lowest BCUT2D eigenvalue weighted by atomic mass is 10.0. The van der Waals surface area contributed by atoms with Gasteiger partial charge in [-0.3, -0.25) is 28.8 Å². The lowest BCUT2D eigenvalue weighted by Crippen LogP contribution is -2.45. The molecule has 0 bridgehead atoms. The molecule has 0 radical (unpaired) electrons. The second-order valence-corrected chi connectivity index (χ2v) is 10.7. The molecule has 2 amide bonds. The largest absolute Gasteiger partial charge is 0.300 e. The number of hydrogen-bond donors (Lipinski definition) is 1. The van der Waals surface area contributed by atoms with Gasteiger partial charge in [0.25, 0.3) is 11.8 Å². The van der Waals surface area contributed by atoms with Crippen LogP contribution in [0.5, 0.6) is 0 Å². The second-order valence-electron chi connectivity index (χ2n) is 8.49. The lowest BCUT2D eigenvalue weighted by Gasteiger charge is -2.24. The molecule has 1 unspecified atom stereocenters. The molecule has 1 aliphatic carbocycles. The summed E-state index contributed by atoms with van der Waals surface area (Å²) in [5, 5.41) is 0.489. The minimum absolute atomic E-state index is 0.00805. The summed E-state index contributed by atoms with van der Waals surface area (Å²) in [6, 6.07) is 9.47. The molecule has 1 atom stereocenters. The van der Waals surface area contributed by atoms with Crippen molar-refractivity contribution in [3.63, 3.8) is 0 Å². The maximum absolute atomic E-state index is 13.1. The number of ketones is 2. The topological polar surface area (TPSA) is 118 Å². The van der Waals surface area contributed by atoms with E-state index in [4.69, 9.17) is 11.6 Å². The van der Waals surface area contributed by atoms with Gasteiger partial charge >= 0.3 is 0 Å². The van der Waals surface area contributed by atoms with E-state index in [-0.39, 0.29) is 53.4 Å². The predicted molar refractivity (Wildman–Crippen MR) is 126 cm³/mol. The van der Waals surface area contributed by atoms with Crippen LogP contribution in [0, 0.1) is 0 Å². The van der Waals surface area contributed by atoms with E-state index in [2.05, 4.69) is 4.72 Å². The quantitative estimate of drug-likeness (QED) is 0.622. The van der Waals surface area contributed by atoms with Crippen LogP contribution in [0.1, 0.15) is 64.8 Å². The standard InChI is InChI=1S/C24H23ClN2O6S/c25-16-7-5-15(6-8-16)14-34(32,33)26-17-9-11-19-20(13-17)24(31)27(23(19)30)21-12-10-18(28)3-1-2-4-22(21)29/h5-9,11,13,21,26H,1-4,10,12,14H2. The maximum atomic E-state index is 13.1. The number of nitrogens with zero attached hydrogens (tertiary/aromatic N) is 1. The number of anilines is 1. The predicted octanol–water partition coefficient (Wildman–Crippen LogP) is 3.74. The molecule has 34 heavy (non-hydrogen) atoms. The Balaban J connectivity index is 1.55. The molecule has 1 fully saturated rings. The monoisotopic (exact) mass is 502 g/mol. The van der Waals surface area contributed by atoms with Gasteiger partial charge in [-0.15, -0.1) is 0 Å². The Hall–Kier alpha value is -3.04. The molecule has 1 N–H and O–H groups in total. The third kappa shape index (κ3) is 5.20. The number of nitrogens with one attached hydrogen (secondary N) is 1. The molecule has 178 valence electrons. The summed E-state index contributed by atoms with van der Waals surface area (Å²) in [5.74, 6) is -1.81. The van der Waals surface area contributed by atoms with Crippen molar-refractivity contribution in [1.82, 2.24) is 4.90 Å². The Kier molecular flexibility index (Phi) is 6.86. The summed E-state index contributed by atoms with van der Waals surface area (Å²) in [6.45, 7) is 0. The van der Waals surface area contributed by atoms with Gasteiger partial charge in [0, 0.05) is 30.0 Å². The highest BCUT2D eigenvalue weighted by Gasteiger charge is 2.42. The first kappa shape index (κ1) is 24.1. The van der Waals surface area contributed by atoms with Crippen LogP contribution in [0.3, 0.4) is 0 Å². The SMILES string of the molecule is O=C1CCCCC(=O)C(N2C(=O)c3ccc(NS(=O)(=O)Cc4ccc(Cl)cc4)cc3C2=O)CC1. The maximum Gasteiger partial charge on any atom is 0.262 e. The van der Waals surface area contributed by atoms with Gasteiger partial charge in [-0.05, 0) is 55.2 Å². The summed E-state index contributed by atoms with van der Waals surface area (Å²) in [7, 11) is -3.81. The third-order valence-corrected chi connectivity index (χ3v) is 7.48. The Morgan fingerprint density at radius 2 is 1.56 bits per heavy atom. The highest BCUT2D eigenvalue weighted by Crippen LogP contribution is 2.30. The molecule has 8 nitrogen and oxygen atoms in total. The number of halogens is 1. The molecule has 1 saturated carbocycles. The van der Waals surface area contributed by atoms with E-state index in [9.17, 15) is 27.6 Å². The number of sulfonamides is 1. The number of rotatable bonds is 5. The molecule has 1 heterocycles. The van der Waals surface area contributed by atoms with Crippen molar-refractivity contribution < 1.29 is 27.6 Å². The van der Waals surface area contributed by atoms with Crippen molar-refractivity contribution >= 4 is 50.7 Å². The van der Waals surface area contributed by atoms with E-state index in [1.807, 2.05) is 0 Å². The molecule has 2 aromatic carbocycles. The second kappa shape index (κ2) is 9.68. The highest BCUT2D eigenvalue weighted by molar-refractivity contribution is 7.91.